The van der Waals surface area contributed by atoms with Crippen molar-refractivity contribution >= 4 is 40.6 Å². The van der Waals surface area contributed by atoms with Crippen LogP contribution < -0.4 is 5.73 Å². The molecule has 0 heterocycles. The Balaban J connectivity index is 2.91. The highest BCUT2D eigenvalue weighted by molar-refractivity contribution is 6.36. The summed E-state index contributed by atoms with van der Waals surface area (Å²) in [6.07, 6.45) is 0.370. The predicted octanol–water partition coefficient (Wildman–Crippen LogP) is 3.08. The van der Waals surface area contributed by atoms with Gasteiger partial charge in [0.1, 0.15) is 5.84 Å². The number of hydrogen-bond acceptors (Lipinski definition) is 1. The zero-order valence-electron chi connectivity index (χ0n) is 7.23. The number of halogens is 3. The van der Waals surface area contributed by atoms with Gasteiger partial charge in [0.15, 0.2) is 0 Å². The number of amidine groups is 1. The first-order valence-electron chi connectivity index (χ1n) is 3.93. The zero-order valence-corrected chi connectivity index (χ0v) is 9.50. The first kappa shape index (κ1) is 11.6. The minimum Gasteiger partial charge on any atom is -0.386 e. The maximum atomic E-state index is 7.15. The van der Waals surface area contributed by atoms with Crippen molar-refractivity contribution in [1.82, 2.24) is 0 Å². The Bertz CT molecular complexity index is 332. The minimum absolute atomic E-state index is 0.0809. The molecule has 0 aliphatic carbocycles. The highest BCUT2D eigenvalue weighted by Gasteiger charge is 2.13. The second kappa shape index (κ2) is 4.87. The SMILES string of the molecule is N=C(N)C(Cl)Cc1c(Cl)cccc1Cl. The lowest BCUT2D eigenvalue weighted by Gasteiger charge is -2.10. The molecule has 0 radical (unpaired) electrons. The van der Waals surface area contributed by atoms with Crippen LogP contribution >= 0.6 is 34.8 Å². The van der Waals surface area contributed by atoms with Gasteiger partial charge in [-0.2, -0.15) is 0 Å². The first-order chi connectivity index (χ1) is 6.52. The van der Waals surface area contributed by atoms with Crippen LogP contribution in [0.2, 0.25) is 10.0 Å². The molecule has 14 heavy (non-hydrogen) atoms. The van der Waals surface area contributed by atoms with E-state index in [0.717, 1.165) is 5.56 Å². The zero-order chi connectivity index (χ0) is 10.7. The number of benzene rings is 1. The molecule has 1 aromatic carbocycles. The fourth-order valence-corrected chi connectivity index (χ4v) is 1.72. The normalized spacial score (nSPS) is 12.5. The summed E-state index contributed by atoms with van der Waals surface area (Å²) >= 11 is 17.7. The summed E-state index contributed by atoms with van der Waals surface area (Å²) in [4.78, 5) is 0. The first-order valence-corrected chi connectivity index (χ1v) is 5.12. The van der Waals surface area contributed by atoms with Gasteiger partial charge < -0.3 is 5.73 Å². The van der Waals surface area contributed by atoms with Crippen LogP contribution in [0.3, 0.4) is 0 Å². The van der Waals surface area contributed by atoms with E-state index in [1.165, 1.54) is 0 Å². The summed E-state index contributed by atoms with van der Waals surface area (Å²) in [5.74, 6) is -0.0809. The van der Waals surface area contributed by atoms with Gasteiger partial charge in [-0.3, -0.25) is 5.41 Å². The van der Waals surface area contributed by atoms with Crippen molar-refractivity contribution in [3.05, 3.63) is 33.8 Å². The molecule has 3 N–H and O–H groups in total. The summed E-state index contributed by atoms with van der Waals surface area (Å²) in [6.45, 7) is 0. The van der Waals surface area contributed by atoms with E-state index in [1.807, 2.05) is 0 Å². The fourth-order valence-electron chi connectivity index (χ4n) is 1.02. The van der Waals surface area contributed by atoms with Crippen molar-refractivity contribution in [2.45, 2.75) is 11.8 Å². The van der Waals surface area contributed by atoms with Crippen molar-refractivity contribution in [2.75, 3.05) is 0 Å². The third-order valence-electron chi connectivity index (χ3n) is 1.78. The Labute approximate surface area is 97.5 Å². The van der Waals surface area contributed by atoms with E-state index in [0.29, 0.717) is 16.5 Å². The van der Waals surface area contributed by atoms with Gasteiger partial charge in [-0.25, -0.2) is 0 Å². The molecule has 0 aliphatic rings. The maximum Gasteiger partial charge on any atom is 0.109 e. The largest absolute Gasteiger partial charge is 0.386 e. The van der Waals surface area contributed by atoms with Gasteiger partial charge in [0.2, 0.25) is 0 Å². The van der Waals surface area contributed by atoms with Crippen molar-refractivity contribution in [3.63, 3.8) is 0 Å². The lowest BCUT2D eigenvalue weighted by atomic mass is 10.1. The monoisotopic (exact) mass is 250 g/mol. The number of hydrogen-bond donors (Lipinski definition) is 2. The summed E-state index contributed by atoms with van der Waals surface area (Å²) in [5, 5.41) is 7.68. The third-order valence-corrected chi connectivity index (χ3v) is 2.88. The van der Waals surface area contributed by atoms with Crippen molar-refractivity contribution in [3.8, 4) is 0 Å². The molecule has 1 unspecified atom stereocenters. The fraction of sp³-hybridized carbons (Fsp3) is 0.222. The number of alkyl halides is 1. The van der Waals surface area contributed by atoms with Crippen LogP contribution in [0, 0.1) is 5.41 Å². The lowest BCUT2D eigenvalue weighted by molar-refractivity contribution is 1.02. The van der Waals surface area contributed by atoms with Crippen molar-refractivity contribution in [2.24, 2.45) is 5.73 Å². The molecule has 1 atom stereocenters. The molecule has 2 nitrogen and oxygen atoms in total. The Kier molecular flexibility index (Phi) is 4.05. The van der Waals surface area contributed by atoms with Crippen LogP contribution in [0.4, 0.5) is 0 Å². The summed E-state index contributed by atoms with van der Waals surface area (Å²) in [7, 11) is 0. The molecule has 76 valence electrons. The molecule has 0 aliphatic heterocycles. The smallest absolute Gasteiger partial charge is 0.109 e. The summed E-state index contributed by atoms with van der Waals surface area (Å²) in [6, 6.07) is 5.21. The molecule has 0 saturated heterocycles. The quantitative estimate of drug-likeness (QED) is 0.484. The molecular formula is C9H9Cl3N2. The van der Waals surface area contributed by atoms with Crippen LogP contribution in [0.5, 0.6) is 0 Å². The Morgan fingerprint density at radius 1 is 1.36 bits per heavy atom. The Hall–Kier alpha value is -0.440. The van der Waals surface area contributed by atoms with E-state index in [4.69, 9.17) is 45.9 Å². The Morgan fingerprint density at radius 3 is 2.29 bits per heavy atom. The van der Waals surface area contributed by atoms with E-state index in [-0.39, 0.29) is 5.84 Å². The van der Waals surface area contributed by atoms with Gasteiger partial charge in [0.25, 0.3) is 0 Å². The molecule has 0 spiro atoms. The van der Waals surface area contributed by atoms with Gasteiger partial charge in [-0.15, -0.1) is 11.6 Å². The van der Waals surface area contributed by atoms with Gasteiger partial charge in [0.05, 0.1) is 5.38 Å². The third kappa shape index (κ3) is 2.77. The average Bonchev–Trinajstić information content (AvgIpc) is 2.11. The molecule has 5 heteroatoms. The number of nitrogens with two attached hydrogens (primary N) is 1. The van der Waals surface area contributed by atoms with Crippen molar-refractivity contribution < 1.29 is 0 Å². The van der Waals surface area contributed by atoms with E-state index < -0.39 is 5.38 Å². The van der Waals surface area contributed by atoms with E-state index in [9.17, 15) is 0 Å². The molecule has 0 bridgehead atoms. The second-order valence-corrected chi connectivity index (χ2v) is 4.17. The van der Waals surface area contributed by atoms with E-state index in [2.05, 4.69) is 0 Å². The summed E-state index contributed by atoms with van der Waals surface area (Å²) in [5.41, 5.74) is 5.98. The molecule has 1 rings (SSSR count). The van der Waals surface area contributed by atoms with Gasteiger partial charge in [-0.05, 0) is 24.1 Å². The number of nitrogens with one attached hydrogen (secondary N) is 1. The predicted molar refractivity (Wildman–Crippen MR) is 61.7 cm³/mol. The van der Waals surface area contributed by atoms with E-state index >= 15 is 0 Å². The van der Waals surface area contributed by atoms with Crippen LogP contribution in [-0.2, 0) is 6.42 Å². The molecular weight excluding hydrogens is 242 g/mol. The molecule has 0 fully saturated rings. The minimum atomic E-state index is -0.563. The van der Waals surface area contributed by atoms with Crippen LogP contribution in [0.25, 0.3) is 0 Å². The van der Waals surface area contributed by atoms with E-state index in [1.54, 1.807) is 18.2 Å². The highest BCUT2D eigenvalue weighted by atomic mass is 35.5. The highest BCUT2D eigenvalue weighted by Crippen LogP contribution is 2.26. The van der Waals surface area contributed by atoms with Crippen LogP contribution in [0.1, 0.15) is 5.56 Å². The molecule has 0 saturated carbocycles. The molecule has 0 aromatic heterocycles. The van der Waals surface area contributed by atoms with Crippen LogP contribution in [-0.4, -0.2) is 11.2 Å². The van der Waals surface area contributed by atoms with Gasteiger partial charge in [0, 0.05) is 10.0 Å². The van der Waals surface area contributed by atoms with Gasteiger partial charge in [-0.1, -0.05) is 29.3 Å². The van der Waals surface area contributed by atoms with Gasteiger partial charge >= 0.3 is 0 Å². The molecule has 0 amide bonds. The lowest BCUT2D eigenvalue weighted by Crippen LogP contribution is -2.24. The maximum absolute atomic E-state index is 7.15. The topological polar surface area (TPSA) is 49.9 Å². The standard InChI is InChI=1S/C9H9Cl3N2/c10-6-2-1-3-7(11)5(6)4-8(12)9(13)14/h1-3,8H,4H2,(H3,13,14). The summed E-state index contributed by atoms with van der Waals surface area (Å²) < 4.78 is 0. The Morgan fingerprint density at radius 2 is 1.86 bits per heavy atom. The molecule has 1 aromatic rings. The average molecular weight is 252 g/mol. The second-order valence-electron chi connectivity index (χ2n) is 2.83. The van der Waals surface area contributed by atoms with Crippen LogP contribution in [0.15, 0.2) is 18.2 Å². The van der Waals surface area contributed by atoms with Crippen molar-refractivity contribution in [1.29, 1.82) is 5.41 Å². The number of rotatable bonds is 3.